The summed E-state index contributed by atoms with van der Waals surface area (Å²) in [5.41, 5.74) is 1.42. The first-order valence-corrected chi connectivity index (χ1v) is 8.46. The van der Waals surface area contributed by atoms with Gasteiger partial charge in [-0.25, -0.2) is 0 Å². The van der Waals surface area contributed by atoms with Crippen molar-refractivity contribution in [3.8, 4) is 0 Å². The van der Waals surface area contributed by atoms with Gasteiger partial charge in [0.15, 0.2) is 0 Å². The van der Waals surface area contributed by atoms with E-state index in [4.69, 9.17) is 4.74 Å². The van der Waals surface area contributed by atoms with E-state index in [0.29, 0.717) is 6.04 Å². The molecule has 1 atom stereocenters. The van der Waals surface area contributed by atoms with Gasteiger partial charge >= 0.3 is 0 Å². The van der Waals surface area contributed by atoms with Crippen molar-refractivity contribution in [2.45, 2.75) is 45.2 Å². The summed E-state index contributed by atoms with van der Waals surface area (Å²) in [6.45, 7) is 8.50. The Hall–Kier alpha value is -0.900. The van der Waals surface area contributed by atoms with E-state index < -0.39 is 0 Å². The van der Waals surface area contributed by atoms with Crippen LogP contribution >= 0.6 is 0 Å². The van der Waals surface area contributed by atoms with Crippen molar-refractivity contribution in [2.24, 2.45) is 0 Å². The van der Waals surface area contributed by atoms with Crippen molar-refractivity contribution in [1.29, 1.82) is 0 Å². The molecule has 2 rings (SSSR count). The molecule has 0 radical (unpaired) electrons. The van der Waals surface area contributed by atoms with Crippen LogP contribution in [0.4, 0.5) is 0 Å². The van der Waals surface area contributed by atoms with Gasteiger partial charge in [0, 0.05) is 32.3 Å². The van der Waals surface area contributed by atoms with E-state index in [0.717, 1.165) is 39.1 Å². The predicted molar refractivity (Wildman–Crippen MR) is 88.5 cm³/mol. The summed E-state index contributed by atoms with van der Waals surface area (Å²) >= 11 is 0. The van der Waals surface area contributed by atoms with E-state index in [-0.39, 0.29) is 0 Å². The molecule has 1 N–H and O–H groups in total. The number of benzene rings is 1. The fourth-order valence-corrected chi connectivity index (χ4v) is 2.93. The Morgan fingerprint density at radius 2 is 2.10 bits per heavy atom. The van der Waals surface area contributed by atoms with Gasteiger partial charge in [-0.1, -0.05) is 37.3 Å². The summed E-state index contributed by atoms with van der Waals surface area (Å²) in [4.78, 5) is 2.57. The van der Waals surface area contributed by atoms with Gasteiger partial charge in [0.1, 0.15) is 0 Å². The maximum atomic E-state index is 5.52. The van der Waals surface area contributed by atoms with Gasteiger partial charge in [0.25, 0.3) is 0 Å². The summed E-state index contributed by atoms with van der Waals surface area (Å²) in [5.74, 6) is 0. The number of likely N-dealkylation sites (tertiary alicyclic amines) is 1. The molecule has 1 saturated heterocycles. The lowest BCUT2D eigenvalue weighted by Crippen LogP contribution is -2.45. The highest BCUT2D eigenvalue weighted by atomic mass is 16.5. The number of ether oxygens (including phenoxy) is 1. The number of rotatable bonds is 9. The van der Waals surface area contributed by atoms with Crippen molar-refractivity contribution >= 4 is 0 Å². The first kappa shape index (κ1) is 16.5. The normalized spacial score (nSPS) is 19.8. The minimum absolute atomic E-state index is 0.647. The molecule has 0 spiro atoms. The molecule has 1 unspecified atom stereocenters. The summed E-state index contributed by atoms with van der Waals surface area (Å²) in [5, 5.41) is 3.69. The van der Waals surface area contributed by atoms with Crippen LogP contribution in [0.5, 0.6) is 0 Å². The third-order valence-electron chi connectivity index (χ3n) is 4.00. The van der Waals surface area contributed by atoms with Gasteiger partial charge in [0.2, 0.25) is 0 Å². The van der Waals surface area contributed by atoms with Crippen LogP contribution in [-0.2, 0) is 11.3 Å². The largest absolute Gasteiger partial charge is 0.381 e. The fourth-order valence-electron chi connectivity index (χ4n) is 2.93. The van der Waals surface area contributed by atoms with Crippen LogP contribution in [0.2, 0.25) is 0 Å². The molecule has 0 amide bonds. The Morgan fingerprint density at radius 3 is 2.90 bits per heavy atom. The average molecular weight is 290 g/mol. The zero-order chi connectivity index (χ0) is 14.8. The Morgan fingerprint density at radius 1 is 1.24 bits per heavy atom. The van der Waals surface area contributed by atoms with Gasteiger partial charge in [-0.05, 0) is 44.3 Å². The Bertz CT molecular complexity index is 369. The number of piperidine rings is 1. The number of hydrogen-bond donors (Lipinski definition) is 1. The molecule has 3 nitrogen and oxygen atoms in total. The van der Waals surface area contributed by atoms with Crippen LogP contribution in [0.1, 0.15) is 38.2 Å². The average Bonchev–Trinajstić information content (AvgIpc) is 2.52. The second-order valence-corrected chi connectivity index (χ2v) is 5.98. The molecule has 0 saturated carbocycles. The van der Waals surface area contributed by atoms with Crippen molar-refractivity contribution in [1.82, 2.24) is 10.2 Å². The first-order chi connectivity index (χ1) is 10.4. The van der Waals surface area contributed by atoms with Crippen molar-refractivity contribution in [2.75, 3.05) is 32.8 Å². The Kier molecular flexibility index (Phi) is 7.79. The van der Waals surface area contributed by atoms with Gasteiger partial charge in [0.05, 0.1) is 0 Å². The van der Waals surface area contributed by atoms with Gasteiger partial charge in [-0.2, -0.15) is 0 Å². The fraction of sp³-hybridized carbons (Fsp3) is 0.667. The zero-order valence-corrected chi connectivity index (χ0v) is 13.4. The lowest BCUT2D eigenvalue weighted by Gasteiger charge is -2.33. The quantitative estimate of drug-likeness (QED) is 0.707. The van der Waals surface area contributed by atoms with Crippen molar-refractivity contribution < 1.29 is 4.74 Å². The lowest BCUT2D eigenvalue weighted by molar-refractivity contribution is 0.129. The molecule has 1 aromatic rings. The summed E-state index contributed by atoms with van der Waals surface area (Å²) < 4.78 is 5.52. The minimum atomic E-state index is 0.647. The first-order valence-electron chi connectivity index (χ1n) is 8.46. The maximum absolute atomic E-state index is 5.52. The standard InChI is InChI=1S/C18H30N2O/c1-2-13-21-14-7-11-19-18-10-6-12-20(16-18)15-17-8-4-3-5-9-17/h3-5,8-9,18-19H,2,6-7,10-16H2,1H3. The molecular formula is C18H30N2O. The molecule has 1 heterocycles. The number of nitrogens with one attached hydrogen (secondary N) is 1. The molecule has 0 aliphatic carbocycles. The third kappa shape index (κ3) is 6.60. The second kappa shape index (κ2) is 9.93. The molecule has 21 heavy (non-hydrogen) atoms. The van der Waals surface area contributed by atoms with E-state index in [9.17, 15) is 0 Å². The highest BCUT2D eigenvalue weighted by molar-refractivity contribution is 5.14. The lowest BCUT2D eigenvalue weighted by atomic mass is 10.0. The molecule has 3 heteroatoms. The summed E-state index contributed by atoms with van der Waals surface area (Å²) in [6, 6.07) is 11.4. The van der Waals surface area contributed by atoms with Crippen molar-refractivity contribution in [3.05, 3.63) is 35.9 Å². The summed E-state index contributed by atoms with van der Waals surface area (Å²) in [7, 11) is 0. The van der Waals surface area contributed by atoms with E-state index in [1.807, 2.05) is 0 Å². The molecule has 0 aromatic heterocycles. The molecule has 1 aliphatic rings. The zero-order valence-electron chi connectivity index (χ0n) is 13.4. The smallest absolute Gasteiger partial charge is 0.0478 e. The second-order valence-electron chi connectivity index (χ2n) is 5.98. The molecule has 1 aromatic carbocycles. The SMILES string of the molecule is CCCOCCCNC1CCCN(Cc2ccccc2)C1. The maximum Gasteiger partial charge on any atom is 0.0478 e. The number of hydrogen-bond acceptors (Lipinski definition) is 3. The predicted octanol–water partition coefficient (Wildman–Crippen LogP) is 3.06. The Balaban J connectivity index is 1.62. The monoisotopic (exact) mass is 290 g/mol. The molecule has 0 bridgehead atoms. The van der Waals surface area contributed by atoms with Crippen LogP contribution in [0.25, 0.3) is 0 Å². The van der Waals surface area contributed by atoms with Crippen LogP contribution in [0.3, 0.4) is 0 Å². The third-order valence-corrected chi connectivity index (χ3v) is 4.00. The highest BCUT2D eigenvalue weighted by Crippen LogP contribution is 2.13. The molecule has 118 valence electrons. The van der Waals surface area contributed by atoms with Gasteiger partial charge in [-0.15, -0.1) is 0 Å². The van der Waals surface area contributed by atoms with Gasteiger partial charge < -0.3 is 10.1 Å². The van der Waals surface area contributed by atoms with Crippen molar-refractivity contribution in [3.63, 3.8) is 0 Å². The van der Waals surface area contributed by atoms with E-state index in [1.165, 1.54) is 31.5 Å². The minimum Gasteiger partial charge on any atom is -0.381 e. The van der Waals surface area contributed by atoms with E-state index in [2.05, 4.69) is 47.5 Å². The number of nitrogens with zero attached hydrogens (tertiary/aromatic N) is 1. The molecular weight excluding hydrogens is 260 g/mol. The highest BCUT2D eigenvalue weighted by Gasteiger charge is 2.19. The van der Waals surface area contributed by atoms with E-state index in [1.54, 1.807) is 0 Å². The Labute approximate surface area is 129 Å². The summed E-state index contributed by atoms with van der Waals surface area (Å²) in [6.07, 6.45) is 4.84. The van der Waals surface area contributed by atoms with Crippen LogP contribution in [0.15, 0.2) is 30.3 Å². The van der Waals surface area contributed by atoms with Crippen LogP contribution < -0.4 is 5.32 Å². The topological polar surface area (TPSA) is 24.5 Å². The molecule has 1 aliphatic heterocycles. The van der Waals surface area contributed by atoms with E-state index >= 15 is 0 Å². The van der Waals surface area contributed by atoms with Crippen LogP contribution in [0, 0.1) is 0 Å². The van der Waals surface area contributed by atoms with Crippen LogP contribution in [-0.4, -0.2) is 43.8 Å². The van der Waals surface area contributed by atoms with Gasteiger partial charge in [-0.3, -0.25) is 4.90 Å². The molecule has 1 fully saturated rings.